The summed E-state index contributed by atoms with van der Waals surface area (Å²) in [4.78, 5) is 24.6. The number of nitrogens with zero attached hydrogens (tertiary/aromatic N) is 3. The van der Waals surface area contributed by atoms with Gasteiger partial charge in [0.1, 0.15) is 0 Å². The topological polar surface area (TPSA) is 97.1 Å². The van der Waals surface area contributed by atoms with Crippen molar-refractivity contribution in [2.75, 3.05) is 0 Å². The standard InChI is InChI=1S/C19H20N4O3S/c24-18(25)9-8-15(11-14-5-2-1-3-6-14)20-19(26)17-13-23(22-21-17)12-16-7-4-10-27-16/h1-7,10,13,15H,8-9,11-12H2,(H,20,26)(H,24,25). The smallest absolute Gasteiger partial charge is 0.303 e. The molecule has 1 aromatic carbocycles. The molecular weight excluding hydrogens is 364 g/mol. The zero-order valence-corrected chi connectivity index (χ0v) is 15.4. The molecular formula is C19H20N4O3S. The van der Waals surface area contributed by atoms with Gasteiger partial charge in [-0.15, -0.1) is 16.4 Å². The number of hydrogen-bond acceptors (Lipinski definition) is 5. The van der Waals surface area contributed by atoms with E-state index in [1.807, 2.05) is 47.8 Å². The van der Waals surface area contributed by atoms with Crippen LogP contribution in [0.1, 0.15) is 33.8 Å². The summed E-state index contributed by atoms with van der Waals surface area (Å²) < 4.78 is 1.62. The molecule has 7 nitrogen and oxygen atoms in total. The molecule has 0 saturated carbocycles. The van der Waals surface area contributed by atoms with Gasteiger partial charge in [0.05, 0.1) is 12.7 Å². The first-order valence-corrected chi connectivity index (χ1v) is 9.47. The Morgan fingerprint density at radius 1 is 1.19 bits per heavy atom. The third-order valence-electron chi connectivity index (χ3n) is 4.04. The minimum Gasteiger partial charge on any atom is -0.481 e. The summed E-state index contributed by atoms with van der Waals surface area (Å²) >= 11 is 1.61. The molecule has 3 rings (SSSR count). The Labute approximate surface area is 160 Å². The van der Waals surface area contributed by atoms with Gasteiger partial charge in [-0.25, -0.2) is 4.68 Å². The number of benzene rings is 1. The van der Waals surface area contributed by atoms with E-state index in [2.05, 4.69) is 15.6 Å². The lowest BCUT2D eigenvalue weighted by Crippen LogP contribution is -2.37. The molecule has 2 heterocycles. The maximum atomic E-state index is 12.5. The van der Waals surface area contributed by atoms with Crippen molar-refractivity contribution in [3.63, 3.8) is 0 Å². The van der Waals surface area contributed by atoms with Crippen LogP contribution in [0.15, 0.2) is 54.0 Å². The summed E-state index contributed by atoms with van der Waals surface area (Å²) in [5, 5.41) is 21.8. The summed E-state index contributed by atoms with van der Waals surface area (Å²) in [6.07, 6.45) is 2.50. The number of carbonyl (C=O) groups is 2. The molecule has 2 aromatic heterocycles. The maximum Gasteiger partial charge on any atom is 0.303 e. The highest BCUT2D eigenvalue weighted by molar-refractivity contribution is 7.09. The molecule has 1 atom stereocenters. The van der Waals surface area contributed by atoms with E-state index in [0.29, 0.717) is 19.4 Å². The fraction of sp³-hybridized carbons (Fsp3) is 0.263. The van der Waals surface area contributed by atoms with Gasteiger partial charge in [0.2, 0.25) is 0 Å². The summed E-state index contributed by atoms with van der Waals surface area (Å²) in [7, 11) is 0. The van der Waals surface area contributed by atoms with Crippen molar-refractivity contribution in [3.8, 4) is 0 Å². The van der Waals surface area contributed by atoms with Gasteiger partial charge in [-0.1, -0.05) is 41.6 Å². The molecule has 0 saturated heterocycles. The predicted molar refractivity (Wildman–Crippen MR) is 102 cm³/mol. The van der Waals surface area contributed by atoms with Gasteiger partial charge in [-0.2, -0.15) is 0 Å². The molecule has 0 bridgehead atoms. The molecule has 1 unspecified atom stereocenters. The van der Waals surface area contributed by atoms with Crippen molar-refractivity contribution in [2.24, 2.45) is 0 Å². The average molecular weight is 384 g/mol. The first-order chi connectivity index (χ1) is 13.1. The third kappa shape index (κ3) is 5.75. The van der Waals surface area contributed by atoms with Crippen LogP contribution in [0.3, 0.4) is 0 Å². The number of carboxylic acids is 1. The first kappa shape index (κ1) is 18.8. The van der Waals surface area contributed by atoms with Crippen LogP contribution in [-0.2, 0) is 17.8 Å². The molecule has 27 heavy (non-hydrogen) atoms. The zero-order chi connectivity index (χ0) is 19.1. The van der Waals surface area contributed by atoms with E-state index in [1.165, 1.54) is 0 Å². The Bertz CT molecular complexity index is 878. The quantitative estimate of drug-likeness (QED) is 0.591. The lowest BCUT2D eigenvalue weighted by molar-refractivity contribution is -0.137. The molecule has 3 aromatic rings. The summed E-state index contributed by atoms with van der Waals surface area (Å²) in [6.45, 7) is 0.560. The number of amides is 1. The van der Waals surface area contributed by atoms with Crippen LogP contribution in [0.4, 0.5) is 0 Å². The fourth-order valence-electron chi connectivity index (χ4n) is 2.72. The molecule has 0 fully saturated rings. The van der Waals surface area contributed by atoms with Gasteiger partial charge in [0, 0.05) is 17.3 Å². The SMILES string of the molecule is O=C(O)CCC(Cc1ccccc1)NC(=O)c1cn(Cc2cccs2)nn1. The van der Waals surface area contributed by atoms with Crippen LogP contribution in [0.5, 0.6) is 0 Å². The number of thiophene rings is 1. The Morgan fingerprint density at radius 2 is 2.00 bits per heavy atom. The number of carbonyl (C=O) groups excluding carboxylic acids is 1. The van der Waals surface area contributed by atoms with Crippen LogP contribution in [0.25, 0.3) is 0 Å². The lowest BCUT2D eigenvalue weighted by Gasteiger charge is -2.17. The van der Waals surface area contributed by atoms with Crippen molar-refractivity contribution in [1.82, 2.24) is 20.3 Å². The number of aliphatic carboxylic acids is 1. The third-order valence-corrected chi connectivity index (χ3v) is 4.90. The molecule has 2 N–H and O–H groups in total. The summed E-state index contributed by atoms with van der Waals surface area (Å²) in [5.74, 6) is -1.23. The van der Waals surface area contributed by atoms with Crippen LogP contribution >= 0.6 is 11.3 Å². The van der Waals surface area contributed by atoms with E-state index in [4.69, 9.17) is 5.11 Å². The van der Waals surface area contributed by atoms with Gasteiger partial charge >= 0.3 is 5.97 Å². The monoisotopic (exact) mass is 384 g/mol. The van der Waals surface area contributed by atoms with E-state index in [-0.39, 0.29) is 24.1 Å². The highest BCUT2D eigenvalue weighted by Crippen LogP contribution is 2.11. The number of carboxylic acid groups (broad SMARTS) is 1. The normalized spacial score (nSPS) is 11.9. The average Bonchev–Trinajstić information content (AvgIpc) is 3.33. The van der Waals surface area contributed by atoms with E-state index in [1.54, 1.807) is 22.2 Å². The number of rotatable bonds is 9. The molecule has 0 aliphatic rings. The predicted octanol–water partition coefficient (Wildman–Crippen LogP) is 2.59. The number of hydrogen-bond donors (Lipinski definition) is 2. The van der Waals surface area contributed by atoms with Crippen molar-refractivity contribution in [3.05, 3.63) is 70.2 Å². The number of aromatic nitrogens is 3. The maximum absolute atomic E-state index is 12.5. The van der Waals surface area contributed by atoms with Gasteiger partial charge in [0.15, 0.2) is 5.69 Å². The van der Waals surface area contributed by atoms with Crippen molar-refractivity contribution in [1.29, 1.82) is 0 Å². The lowest BCUT2D eigenvalue weighted by atomic mass is 10.0. The van der Waals surface area contributed by atoms with Crippen molar-refractivity contribution >= 4 is 23.2 Å². The fourth-order valence-corrected chi connectivity index (χ4v) is 3.42. The second kappa shape index (κ2) is 9.09. The molecule has 140 valence electrons. The van der Waals surface area contributed by atoms with E-state index in [9.17, 15) is 9.59 Å². The Morgan fingerprint density at radius 3 is 2.70 bits per heavy atom. The zero-order valence-electron chi connectivity index (χ0n) is 14.6. The molecule has 0 aliphatic heterocycles. The minimum absolute atomic E-state index is 0.0111. The van der Waals surface area contributed by atoms with Crippen LogP contribution in [0.2, 0.25) is 0 Å². The van der Waals surface area contributed by atoms with Crippen LogP contribution in [0, 0.1) is 0 Å². The van der Waals surface area contributed by atoms with Gasteiger partial charge < -0.3 is 10.4 Å². The van der Waals surface area contributed by atoms with Crippen LogP contribution in [-0.4, -0.2) is 38.0 Å². The highest BCUT2D eigenvalue weighted by Gasteiger charge is 2.18. The van der Waals surface area contributed by atoms with E-state index >= 15 is 0 Å². The van der Waals surface area contributed by atoms with Gasteiger partial charge in [-0.05, 0) is 29.9 Å². The first-order valence-electron chi connectivity index (χ1n) is 8.59. The number of nitrogens with one attached hydrogen (secondary N) is 1. The molecule has 0 aliphatic carbocycles. The molecule has 0 spiro atoms. The van der Waals surface area contributed by atoms with Crippen molar-refractivity contribution < 1.29 is 14.7 Å². The van der Waals surface area contributed by atoms with Gasteiger partial charge in [0.25, 0.3) is 5.91 Å². The second-order valence-electron chi connectivity index (χ2n) is 6.17. The van der Waals surface area contributed by atoms with Gasteiger partial charge in [-0.3, -0.25) is 9.59 Å². The Kier molecular flexibility index (Phi) is 6.32. The summed E-state index contributed by atoms with van der Waals surface area (Å²) in [5.41, 5.74) is 1.26. The van der Waals surface area contributed by atoms with E-state index in [0.717, 1.165) is 10.4 Å². The largest absolute Gasteiger partial charge is 0.481 e. The highest BCUT2D eigenvalue weighted by atomic mass is 32.1. The van der Waals surface area contributed by atoms with Crippen molar-refractivity contribution in [2.45, 2.75) is 31.8 Å². The summed E-state index contributed by atoms with van der Waals surface area (Å²) in [6, 6.07) is 13.3. The molecule has 0 radical (unpaired) electrons. The van der Waals surface area contributed by atoms with E-state index < -0.39 is 5.97 Å². The molecule has 8 heteroatoms. The minimum atomic E-state index is -0.885. The Balaban J connectivity index is 1.64. The Hall–Kier alpha value is -3.00. The second-order valence-corrected chi connectivity index (χ2v) is 7.21. The van der Waals surface area contributed by atoms with Crippen LogP contribution < -0.4 is 5.32 Å². The molecule has 1 amide bonds.